The molecule has 0 unspecified atom stereocenters. The van der Waals surface area contributed by atoms with Gasteiger partial charge in [-0.1, -0.05) is 0 Å². The van der Waals surface area contributed by atoms with Crippen LogP contribution in [0, 0.1) is 0 Å². The zero-order chi connectivity index (χ0) is 17.9. The number of nitrogens with zero attached hydrogens (tertiary/aromatic N) is 2. The summed E-state index contributed by atoms with van der Waals surface area (Å²) < 4.78 is 10.6. The van der Waals surface area contributed by atoms with Crippen LogP contribution in [0.1, 0.15) is 27.9 Å². The lowest BCUT2D eigenvalue weighted by molar-refractivity contribution is 0.102. The number of rotatable bonds is 3. The fourth-order valence-corrected chi connectivity index (χ4v) is 3.48. The SMILES string of the molecule is COc1ccc2c(c1)CC/C(=C\c1ccc(N3CCOCC3)nc1)C2=O. The van der Waals surface area contributed by atoms with E-state index in [9.17, 15) is 4.79 Å². The molecule has 0 spiro atoms. The second-order valence-electron chi connectivity index (χ2n) is 6.57. The molecule has 2 aromatic rings. The molecule has 0 amide bonds. The molecule has 5 heteroatoms. The van der Waals surface area contributed by atoms with Crippen molar-refractivity contribution in [2.75, 3.05) is 38.3 Å². The van der Waals surface area contributed by atoms with E-state index in [1.807, 2.05) is 42.6 Å². The fourth-order valence-electron chi connectivity index (χ4n) is 3.48. The molecule has 0 bridgehead atoms. The number of fused-ring (bicyclic) bond motifs is 1. The molecule has 4 rings (SSSR count). The highest BCUT2D eigenvalue weighted by atomic mass is 16.5. The van der Waals surface area contributed by atoms with Gasteiger partial charge in [-0.15, -0.1) is 0 Å². The molecule has 26 heavy (non-hydrogen) atoms. The molecule has 1 fully saturated rings. The third-order valence-corrected chi connectivity index (χ3v) is 4.96. The molecule has 0 saturated carbocycles. The minimum atomic E-state index is 0.103. The maximum absolute atomic E-state index is 12.8. The Morgan fingerprint density at radius 3 is 2.73 bits per heavy atom. The van der Waals surface area contributed by atoms with Gasteiger partial charge in [-0.25, -0.2) is 4.98 Å². The zero-order valence-corrected chi connectivity index (χ0v) is 14.9. The Balaban J connectivity index is 1.53. The van der Waals surface area contributed by atoms with Crippen LogP contribution >= 0.6 is 0 Å². The quantitative estimate of drug-likeness (QED) is 0.796. The smallest absolute Gasteiger partial charge is 0.189 e. The van der Waals surface area contributed by atoms with Gasteiger partial charge in [-0.2, -0.15) is 0 Å². The normalized spacial score (nSPS) is 18.7. The number of ketones is 1. The first-order valence-corrected chi connectivity index (χ1v) is 8.95. The van der Waals surface area contributed by atoms with Gasteiger partial charge in [-0.3, -0.25) is 4.79 Å². The lowest BCUT2D eigenvalue weighted by Crippen LogP contribution is -2.36. The van der Waals surface area contributed by atoms with Crippen molar-refractivity contribution in [3.8, 4) is 5.75 Å². The minimum absolute atomic E-state index is 0.103. The first-order valence-electron chi connectivity index (χ1n) is 8.95. The number of carbonyl (C=O) groups is 1. The Bertz CT molecular complexity index is 837. The van der Waals surface area contributed by atoms with Gasteiger partial charge in [0.25, 0.3) is 0 Å². The number of methoxy groups -OCH3 is 1. The van der Waals surface area contributed by atoms with Gasteiger partial charge in [-0.05, 0) is 60.4 Å². The Labute approximate surface area is 153 Å². The number of morpholine rings is 1. The number of benzene rings is 1. The number of hydrogen-bond acceptors (Lipinski definition) is 5. The van der Waals surface area contributed by atoms with Gasteiger partial charge in [0.15, 0.2) is 5.78 Å². The predicted molar refractivity (Wildman–Crippen MR) is 101 cm³/mol. The second-order valence-corrected chi connectivity index (χ2v) is 6.57. The van der Waals surface area contributed by atoms with Crippen molar-refractivity contribution in [1.29, 1.82) is 0 Å². The maximum Gasteiger partial charge on any atom is 0.189 e. The molecule has 1 aliphatic carbocycles. The van der Waals surface area contributed by atoms with Crippen LogP contribution in [0.4, 0.5) is 5.82 Å². The van der Waals surface area contributed by atoms with Crippen molar-refractivity contribution >= 4 is 17.7 Å². The molecule has 1 aromatic carbocycles. The van der Waals surface area contributed by atoms with Crippen LogP contribution in [0.2, 0.25) is 0 Å². The van der Waals surface area contributed by atoms with Crippen LogP contribution in [-0.4, -0.2) is 44.2 Å². The van der Waals surface area contributed by atoms with Crippen LogP contribution in [0.3, 0.4) is 0 Å². The van der Waals surface area contributed by atoms with Crippen LogP contribution in [-0.2, 0) is 11.2 Å². The van der Waals surface area contributed by atoms with E-state index in [1.165, 1.54) is 0 Å². The van der Waals surface area contributed by atoms with E-state index in [2.05, 4.69) is 9.88 Å². The first-order chi connectivity index (χ1) is 12.7. The van der Waals surface area contributed by atoms with E-state index in [4.69, 9.17) is 9.47 Å². The first kappa shape index (κ1) is 16.8. The largest absolute Gasteiger partial charge is 0.497 e. The number of aryl methyl sites for hydroxylation is 1. The summed E-state index contributed by atoms with van der Waals surface area (Å²) in [5, 5.41) is 0. The van der Waals surface area contributed by atoms with Gasteiger partial charge in [0.05, 0.1) is 20.3 Å². The highest BCUT2D eigenvalue weighted by Crippen LogP contribution is 2.29. The Kier molecular flexibility index (Phi) is 4.71. The molecule has 0 radical (unpaired) electrons. The summed E-state index contributed by atoms with van der Waals surface area (Å²) in [5.74, 6) is 1.86. The van der Waals surface area contributed by atoms with E-state index in [0.29, 0.717) is 0 Å². The molecule has 5 nitrogen and oxygen atoms in total. The number of aromatic nitrogens is 1. The number of Topliss-reactive ketones (excluding diaryl/α,β-unsaturated/α-hetero) is 1. The Morgan fingerprint density at radius 2 is 2.00 bits per heavy atom. The van der Waals surface area contributed by atoms with E-state index in [-0.39, 0.29) is 5.78 Å². The molecule has 2 heterocycles. The summed E-state index contributed by atoms with van der Waals surface area (Å²) in [6.45, 7) is 3.22. The lowest BCUT2D eigenvalue weighted by Gasteiger charge is -2.27. The van der Waals surface area contributed by atoms with Gasteiger partial charge < -0.3 is 14.4 Å². The molecule has 1 aromatic heterocycles. The highest BCUT2D eigenvalue weighted by molar-refractivity contribution is 6.13. The van der Waals surface area contributed by atoms with Gasteiger partial charge in [0, 0.05) is 30.4 Å². The highest BCUT2D eigenvalue weighted by Gasteiger charge is 2.22. The van der Waals surface area contributed by atoms with Crippen molar-refractivity contribution in [3.05, 3.63) is 58.8 Å². The molecular weight excluding hydrogens is 328 g/mol. The van der Waals surface area contributed by atoms with Crippen molar-refractivity contribution < 1.29 is 14.3 Å². The standard InChI is InChI=1S/C21H22N2O3/c1-25-18-5-6-19-16(13-18)3-4-17(21(19)24)12-15-2-7-20(22-14-15)23-8-10-26-11-9-23/h2,5-7,12-14H,3-4,8-11H2,1H3/b17-12+. The summed E-state index contributed by atoms with van der Waals surface area (Å²) in [6.07, 6.45) is 5.40. The number of carbonyl (C=O) groups excluding carboxylic acids is 1. The summed E-state index contributed by atoms with van der Waals surface area (Å²) in [4.78, 5) is 19.6. The van der Waals surface area contributed by atoms with Crippen molar-refractivity contribution in [1.82, 2.24) is 4.98 Å². The number of pyridine rings is 1. The van der Waals surface area contributed by atoms with Crippen LogP contribution in [0.25, 0.3) is 6.08 Å². The molecule has 1 aliphatic heterocycles. The average molecular weight is 350 g/mol. The number of hydrogen-bond donors (Lipinski definition) is 0. The molecule has 134 valence electrons. The second kappa shape index (κ2) is 7.30. The molecular formula is C21H22N2O3. The third-order valence-electron chi connectivity index (χ3n) is 4.96. The topological polar surface area (TPSA) is 51.7 Å². The van der Waals surface area contributed by atoms with Gasteiger partial charge in [0.2, 0.25) is 0 Å². The van der Waals surface area contributed by atoms with Crippen molar-refractivity contribution in [3.63, 3.8) is 0 Å². The Morgan fingerprint density at radius 1 is 1.15 bits per heavy atom. The average Bonchev–Trinajstić information content (AvgIpc) is 2.71. The van der Waals surface area contributed by atoms with E-state index < -0.39 is 0 Å². The predicted octanol–water partition coefficient (Wildman–Crippen LogP) is 3.14. The molecule has 0 atom stereocenters. The van der Waals surface area contributed by atoms with Gasteiger partial charge in [0.1, 0.15) is 11.6 Å². The zero-order valence-electron chi connectivity index (χ0n) is 14.9. The minimum Gasteiger partial charge on any atom is -0.497 e. The maximum atomic E-state index is 12.8. The Hall–Kier alpha value is -2.66. The van der Waals surface area contributed by atoms with E-state index >= 15 is 0 Å². The van der Waals surface area contributed by atoms with Gasteiger partial charge >= 0.3 is 0 Å². The van der Waals surface area contributed by atoms with E-state index in [0.717, 1.165) is 73.0 Å². The monoisotopic (exact) mass is 350 g/mol. The van der Waals surface area contributed by atoms with Crippen LogP contribution < -0.4 is 9.64 Å². The van der Waals surface area contributed by atoms with Crippen LogP contribution in [0.5, 0.6) is 5.75 Å². The third kappa shape index (κ3) is 3.35. The van der Waals surface area contributed by atoms with E-state index in [1.54, 1.807) is 7.11 Å². The lowest BCUT2D eigenvalue weighted by atomic mass is 9.86. The summed E-state index contributed by atoms with van der Waals surface area (Å²) >= 11 is 0. The molecule has 0 N–H and O–H groups in total. The van der Waals surface area contributed by atoms with Crippen molar-refractivity contribution in [2.45, 2.75) is 12.8 Å². The van der Waals surface area contributed by atoms with Crippen molar-refractivity contribution in [2.24, 2.45) is 0 Å². The molecule has 2 aliphatic rings. The number of anilines is 1. The summed E-state index contributed by atoms with van der Waals surface area (Å²) in [7, 11) is 1.64. The molecule has 1 saturated heterocycles. The van der Waals surface area contributed by atoms with Crippen LogP contribution in [0.15, 0.2) is 42.1 Å². The number of ether oxygens (including phenoxy) is 2. The summed E-state index contributed by atoms with van der Waals surface area (Å²) in [6, 6.07) is 9.72. The fraction of sp³-hybridized carbons (Fsp3) is 0.333. The summed E-state index contributed by atoms with van der Waals surface area (Å²) in [5.41, 5.74) is 3.64. The number of allylic oxidation sites excluding steroid dienone is 1.